The first kappa shape index (κ1) is 18.0. The van der Waals surface area contributed by atoms with Gasteiger partial charge in [-0.15, -0.1) is 11.8 Å². The number of hydrogen-bond acceptors (Lipinski definition) is 6. The van der Waals surface area contributed by atoms with Gasteiger partial charge in [-0.05, 0) is 31.2 Å². The molecule has 0 radical (unpaired) electrons. The van der Waals surface area contributed by atoms with Gasteiger partial charge in [-0.2, -0.15) is 0 Å². The van der Waals surface area contributed by atoms with Crippen molar-refractivity contribution in [2.45, 2.75) is 12.3 Å². The smallest absolute Gasteiger partial charge is 0.317 e. The van der Waals surface area contributed by atoms with E-state index in [0.717, 1.165) is 27.2 Å². The monoisotopic (exact) mass is 423 g/mol. The Bertz CT molecular complexity index is 775. The maximum absolute atomic E-state index is 12.7. The highest BCUT2D eigenvalue weighted by Gasteiger charge is 2.33. The number of ether oxygens (including phenoxy) is 2. The maximum Gasteiger partial charge on any atom is 0.317 e. The third-order valence-electron chi connectivity index (χ3n) is 3.77. The van der Waals surface area contributed by atoms with Gasteiger partial charge in [0.1, 0.15) is 11.1 Å². The van der Waals surface area contributed by atoms with E-state index >= 15 is 0 Å². The Morgan fingerprint density at radius 2 is 2.28 bits per heavy atom. The zero-order valence-corrected chi connectivity index (χ0v) is 16.3. The van der Waals surface area contributed by atoms with Crippen molar-refractivity contribution >= 4 is 33.6 Å². The summed E-state index contributed by atoms with van der Waals surface area (Å²) >= 11 is 5.20. The van der Waals surface area contributed by atoms with Crippen molar-refractivity contribution in [2.75, 3.05) is 26.0 Å². The Labute approximate surface area is 159 Å². The fourth-order valence-electron chi connectivity index (χ4n) is 2.59. The quantitative estimate of drug-likeness (QED) is 0.735. The number of rotatable bonds is 5. The molecular formula is C17H18BrN3O3S. The van der Waals surface area contributed by atoms with E-state index in [9.17, 15) is 4.79 Å². The second-order valence-electron chi connectivity index (χ2n) is 5.47. The average molecular weight is 424 g/mol. The molecule has 8 heteroatoms. The second-order valence-corrected chi connectivity index (χ2v) is 7.57. The molecule has 0 aliphatic carbocycles. The molecule has 1 aliphatic heterocycles. The fourth-order valence-corrected chi connectivity index (χ4v) is 4.26. The summed E-state index contributed by atoms with van der Waals surface area (Å²) < 4.78 is 11.9. The lowest BCUT2D eigenvalue weighted by Gasteiger charge is -2.25. The van der Waals surface area contributed by atoms with Gasteiger partial charge < -0.3 is 14.4 Å². The summed E-state index contributed by atoms with van der Waals surface area (Å²) in [5, 5.41) is -0.0954. The van der Waals surface area contributed by atoms with Gasteiger partial charge >= 0.3 is 6.01 Å². The summed E-state index contributed by atoms with van der Waals surface area (Å²) in [4.78, 5) is 22.6. The maximum atomic E-state index is 12.7. The molecule has 0 bridgehead atoms. The van der Waals surface area contributed by atoms with Gasteiger partial charge in [0, 0.05) is 34.2 Å². The molecule has 2 heterocycles. The molecule has 3 rings (SSSR count). The third kappa shape index (κ3) is 4.24. The van der Waals surface area contributed by atoms with Gasteiger partial charge in [-0.3, -0.25) is 4.79 Å². The minimum atomic E-state index is -0.0954. The van der Waals surface area contributed by atoms with E-state index < -0.39 is 0 Å². The third-order valence-corrected chi connectivity index (χ3v) is 5.50. The Hall–Kier alpha value is -1.80. The largest absolute Gasteiger partial charge is 0.496 e. The lowest BCUT2D eigenvalue weighted by Crippen LogP contribution is -2.34. The Morgan fingerprint density at radius 1 is 1.44 bits per heavy atom. The molecule has 25 heavy (non-hydrogen) atoms. The zero-order valence-electron chi connectivity index (χ0n) is 13.9. The number of halogens is 1. The standard InChI is InChI=1S/C17H18BrN3O3S/c1-11-5-6-19-17(20-11)24-10-15(22)21-7-8-25-16(21)13-9-12(18)3-4-14(13)23-2/h3-6,9,16H,7-8,10H2,1-2H3. The van der Waals surface area contributed by atoms with Crippen molar-refractivity contribution in [1.29, 1.82) is 0 Å². The minimum Gasteiger partial charge on any atom is -0.496 e. The lowest BCUT2D eigenvalue weighted by atomic mass is 10.2. The molecule has 1 aromatic carbocycles. The summed E-state index contributed by atoms with van der Waals surface area (Å²) in [6.45, 7) is 2.43. The summed E-state index contributed by atoms with van der Waals surface area (Å²) in [5.74, 6) is 1.54. The summed E-state index contributed by atoms with van der Waals surface area (Å²) in [6, 6.07) is 7.81. The molecule has 0 N–H and O–H groups in total. The van der Waals surface area contributed by atoms with Crippen LogP contribution in [0.1, 0.15) is 16.6 Å². The van der Waals surface area contributed by atoms with Crippen LogP contribution in [0, 0.1) is 6.92 Å². The molecule has 1 atom stereocenters. The van der Waals surface area contributed by atoms with Gasteiger partial charge in [0.2, 0.25) is 0 Å². The lowest BCUT2D eigenvalue weighted by molar-refractivity contribution is -0.133. The zero-order chi connectivity index (χ0) is 17.8. The van der Waals surface area contributed by atoms with Crippen molar-refractivity contribution in [1.82, 2.24) is 14.9 Å². The topological polar surface area (TPSA) is 64.5 Å². The van der Waals surface area contributed by atoms with Crippen LogP contribution >= 0.6 is 27.7 Å². The van der Waals surface area contributed by atoms with Crippen molar-refractivity contribution in [3.8, 4) is 11.8 Å². The van der Waals surface area contributed by atoms with Gasteiger partial charge in [0.15, 0.2) is 6.61 Å². The number of carbonyl (C=O) groups is 1. The van der Waals surface area contributed by atoms with E-state index in [1.807, 2.05) is 30.0 Å². The predicted octanol–water partition coefficient (Wildman–Crippen LogP) is 3.21. The molecule has 1 aliphatic rings. The first-order valence-corrected chi connectivity index (χ1v) is 9.59. The number of nitrogens with zero attached hydrogens (tertiary/aromatic N) is 3. The molecule has 1 aromatic heterocycles. The van der Waals surface area contributed by atoms with Crippen molar-refractivity contribution in [3.05, 3.63) is 46.2 Å². The van der Waals surface area contributed by atoms with Crippen LogP contribution < -0.4 is 9.47 Å². The Morgan fingerprint density at radius 3 is 3.04 bits per heavy atom. The first-order valence-electron chi connectivity index (χ1n) is 7.75. The highest BCUT2D eigenvalue weighted by atomic mass is 79.9. The second kappa shape index (κ2) is 8.05. The molecule has 1 amide bonds. The van der Waals surface area contributed by atoms with Crippen molar-refractivity contribution in [3.63, 3.8) is 0 Å². The number of hydrogen-bond donors (Lipinski definition) is 0. The molecule has 132 valence electrons. The highest BCUT2D eigenvalue weighted by molar-refractivity contribution is 9.10. The summed E-state index contributed by atoms with van der Waals surface area (Å²) in [7, 11) is 1.64. The van der Waals surface area contributed by atoms with E-state index in [2.05, 4.69) is 25.9 Å². The molecular weight excluding hydrogens is 406 g/mol. The Kier molecular flexibility index (Phi) is 5.80. The number of amides is 1. The van der Waals surface area contributed by atoms with Crippen LogP contribution in [-0.4, -0.2) is 46.8 Å². The molecule has 6 nitrogen and oxygen atoms in total. The number of aromatic nitrogens is 2. The summed E-state index contributed by atoms with van der Waals surface area (Å²) in [6.07, 6.45) is 1.61. The van der Waals surface area contributed by atoms with Crippen LogP contribution in [0.4, 0.5) is 0 Å². The molecule has 1 unspecified atom stereocenters. The van der Waals surface area contributed by atoms with E-state index in [0.29, 0.717) is 6.54 Å². The van der Waals surface area contributed by atoms with Crippen LogP contribution in [-0.2, 0) is 4.79 Å². The van der Waals surface area contributed by atoms with Crippen molar-refractivity contribution < 1.29 is 14.3 Å². The molecule has 0 saturated carbocycles. The highest BCUT2D eigenvalue weighted by Crippen LogP contribution is 2.42. The van der Waals surface area contributed by atoms with E-state index in [4.69, 9.17) is 9.47 Å². The predicted molar refractivity (Wildman–Crippen MR) is 99.9 cm³/mol. The number of methoxy groups -OCH3 is 1. The van der Waals surface area contributed by atoms with Crippen LogP contribution in [0.15, 0.2) is 34.9 Å². The molecule has 2 aromatic rings. The first-order chi connectivity index (χ1) is 12.1. The van der Waals surface area contributed by atoms with Gasteiger partial charge in [0.25, 0.3) is 5.91 Å². The summed E-state index contributed by atoms with van der Waals surface area (Å²) in [5.41, 5.74) is 1.77. The SMILES string of the molecule is COc1ccc(Br)cc1C1SCCN1C(=O)COc1nccc(C)n1. The fraction of sp³-hybridized carbons (Fsp3) is 0.353. The molecule has 0 spiro atoms. The number of benzene rings is 1. The van der Waals surface area contributed by atoms with E-state index in [1.54, 1.807) is 31.1 Å². The van der Waals surface area contributed by atoms with Crippen LogP contribution in [0.5, 0.6) is 11.8 Å². The molecule has 1 saturated heterocycles. The number of carbonyl (C=O) groups excluding carboxylic acids is 1. The average Bonchev–Trinajstić information content (AvgIpc) is 3.09. The van der Waals surface area contributed by atoms with Crippen LogP contribution in [0.25, 0.3) is 0 Å². The molecule has 1 fully saturated rings. The Balaban J connectivity index is 1.73. The van der Waals surface area contributed by atoms with Gasteiger partial charge in [-0.1, -0.05) is 15.9 Å². The van der Waals surface area contributed by atoms with Crippen LogP contribution in [0.3, 0.4) is 0 Å². The van der Waals surface area contributed by atoms with Crippen molar-refractivity contribution in [2.24, 2.45) is 0 Å². The minimum absolute atomic E-state index is 0.0865. The van der Waals surface area contributed by atoms with E-state index in [-0.39, 0.29) is 23.9 Å². The normalized spacial score (nSPS) is 16.8. The van der Waals surface area contributed by atoms with Gasteiger partial charge in [0.05, 0.1) is 7.11 Å². The van der Waals surface area contributed by atoms with Crippen LogP contribution in [0.2, 0.25) is 0 Å². The number of aryl methyl sites for hydroxylation is 1. The number of thioether (sulfide) groups is 1. The van der Waals surface area contributed by atoms with E-state index in [1.165, 1.54) is 0 Å². The van der Waals surface area contributed by atoms with Gasteiger partial charge in [-0.25, -0.2) is 9.97 Å².